The molecular formula is C16H25N3. The van der Waals surface area contributed by atoms with Crippen LogP contribution in [0.1, 0.15) is 39.8 Å². The summed E-state index contributed by atoms with van der Waals surface area (Å²) in [5, 5.41) is 3.45. The van der Waals surface area contributed by atoms with Crippen LogP contribution in [0.15, 0.2) is 18.2 Å². The first-order chi connectivity index (χ1) is 8.96. The molecule has 0 aromatic carbocycles. The number of anilines is 1. The van der Waals surface area contributed by atoms with E-state index in [2.05, 4.69) is 48.8 Å². The highest BCUT2D eigenvalue weighted by Crippen LogP contribution is 2.12. The zero-order valence-corrected chi connectivity index (χ0v) is 12.5. The fourth-order valence-corrected chi connectivity index (χ4v) is 1.75. The van der Waals surface area contributed by atoms with Crippen molar-refractivity contribution in [1.29, 1.82) is 0 Å². The van der Waals surface area contributed by atoms with Gasteiger partial charge in [-0.15, -0.1) is 6.42 Å². The Morgan fingerprint density at radius 2 is 2.11 bits per heavy atom. The first-order valence-electron chi connectivity index (χ1n) is 6.85. The molecule has 1 N–H and O–H groups in total. The molecule has 0 saturated heterocycles. The van der Waals surface area contributed by atoms with E-state index >= 15 is 0 Å². The van der Waals surface area contributed by atoms with Gasteiger partial charge in [0.2, 0.25) is 0 Å². The molecule has 0 aliphatic carbocycles. The van der Waals surface area contributed by atoms with Crippen molar-refractivity contribution in [2.45, 2.75) is 46.2 Å². The highest BCUT2D eigenvalue weighted by Gasteiger charge is 2.10. The summed E-state index contributed by atoms with van der Waals surface area (Å²) < 4.78 is 0. The second-order valence-corrected chi connectivity index (χ2v) is 5.72. The Bertz CT molecular complexity index is 426. The Morgan fingerprint density at radius 3 is 2.68 bits per heavy atom. The van der Waals surface area contributed by atoms with Crippen molar-refractivity contribution in [3.05, 3.63) is 23.9 Å². The fraction of sp³-hybridized carbons (Fsp3) is 0.562. The third-order valence-electron chi connectivity index (χ3n) is 2.69. The van der Waals surface area contributed by atoms with Crippen LogP contribution in [0.2, 0.25) is 0 Å². The average Bonchev–Trinajstić information content (AvgIpc) is 2.36. The molecule has 0 bridgehead atoms. The van der Waals surface area contributed by atoms with Crippen molar-refractivity contribution < 1.29 is 0 Å². The predicted molar refractivity (Wildman–Crippen MR) is 82.2 cm³/mol. The normalized spacial score (nSPS) is 11.1. The highest BCUT2D eigenvalue weighted by molar-refractivity contribution is 5.40. The maximum atomic E-state index is 5.42. The van der Waals surface area contributed by atoms with Crippen LogP contribution in [0.3, 0.4) is 0 Å². The number of rotatable bonds is 6. The van der Waals surface area contributed by atoms with E-state index < -0.39 is 0 Å². The van der Waals surface area contributed by atoms with Gasteiger partial charge in [-0.05, 0) is 39.3 Å². The van der Waals surface area contributed by atoms with Crippen LogP contribution in [0.25, 0.3) is 0 Å². The van der Waals surface area contributed by atoms with E-state index in [4.69, 9.17) is 6.42 Å². The van der Waals surface area contributed by atoms with E-state index in [1.54, 1.807) is 0 Å². The van der Waals surface area contributed by atoms with Gasteiger partial charge in [-0.25, -0.2) is 4.98 Å². The molecule has 1 aromatic rings. The van der Waals surface area contributed by atoms with E-state index in [-0.39, 0.29) is 5.54 Å². The van der Waals surface area contributed by atoms with Crippen LogP contribution in [0.5, 0.6) is 0 Å². The number of aromatic nitrogens is 1. The molecule has 0 spiro atoms. The van der Waals surface area contributed by atoms with Gasteiger partial charge in [0.1, 0.15) is 5.82 Å². The molecular weight excluding hydrogens is 234 g/mol. The predicted octanol–water partition coefficient (Wildman–Crippen LogP) is 2.82. The molecule has 19 heavy (non-hydrogen) atoms. The number of pyridine rings is 1. The molecule has 1 aromatic heterocycles. The molecule has 0 radical (unpaired) electrons. The average molecular weight is 259 g/mol. The number of nitrogens with zero attached hydrogens (tertiary/aromatic N) is 2. The molecule has 0 fully saturated rings. The minimum atomic E-state index is 0.0968. The molecule has 104 valence electrons. The van der Waals surface area contributed by atoms with Gasteiger partial charge >= 0.3 is 0 Å². The van der Waals surface area contributed by atoms with Crippen molar-refractivity contribution >= 4 is 5.82 Å². The van der Waals surface area contributed by atoms with E-state index in [0.717, 1.165) is 31.0 Å². The van der Waals surface area contributed by atoms with Gasteiger partial charge in [0, 0.05) is 18.6 Å². The third kappa shape index (κ3) is 5.76. The quantitative estimate of drug-likeness (QED) is 0.796. The summed E-state index contributed by atoms with van der Waals surface area (Å²) in [7, 11) is 0. The molecule has 1 rings (SSSR count). The zero-order valence-electron chi connectivity index (χ0n) is 12.5. The van der Waals surface area contributed by atoms with E-state index in [1.165, 1.54) is 0 Å². The summed E-state index contributed by atoms with van der Waals surface area (Å²) >= 11 is 0. The van der Waals surface area contributed by atoms with Crippen LogP contribution >= 0.6 is 0 Å². The zero-order chi connectivity index (χ0) is 14.3. The molecule has 0 aliphatic heterocycles. The summed E-state index contributed by atoms with van der Waals surface area (Å²) in [6.45, 7) is 10.9. The summed E-state index contributed by atoms with van der Waals surface area (Å²) in [6.07, 6.45) is 6.48. The van der Waals surface area contributed by atoms with E-state index in [1.807, 2.05) is 18.2 Å². The summed E-state index contributed by atoms with van der Waals surface area (Å²) in [6, 6.07) is 6.11. The lowest BCUT2D eigenvalue weighted by molar-refractivity contribution is 0.421. The molecule has 3 heteroatoms. The minimum absolute atomic E-state index is 0.0968. The molecule has 0 unspecified atom stereocenters. The van der Waals surface area contributed by atoms with Gasteiger partial charge < -0.3 is 10.2 Å². The third-order valence-corrected chi connectivity index (χ3v) is 2.69. The number of terminal acetylenes is 1. The molecule has 0 aliphatic rings. The second-order valence-electron chi connectivity index (χ2n) is 5.72. The Balaban J connectivity index is 2.77. The summed E-state index contributed by atoms with van der Waals surface area (Å²) in [5.74, 6) is 3.66. The molecule has 0 saturated carbocycles. The standard InChI is InChI=1S/C16H25N3/c1-6-11-19(12-7-2)15-10-8-9-14(18-15)13-17-16(3,4)5/h1,8-10,17H,7,11-13H2,2-5H3. The van der Waals surface area contributed by atoms with Crippen LogP contribution in [0, 0.1) is 12.3 Å². The van der Waals surface area contributed by atoms with Crippen molar-refractivity contribution in [3.63, 3.8) is 0 Å². The monoisotopic (exact) mass is 259 g/mol. The SMILES string of the molecule is C#CCN(CCC)c1cccc(CNC(C)(C)C)n1. The van der Waals surface area contributed by atoms with Crippen molar-refractivity contribution in [2.75, 3.05) is 18.0 Å². The van der Waals surface area contributed by atoms with E-state index in [9.17, 15) is 0 Å². The van der Waals surface area contributed by atoms with Gasteiger partial charge in [-0.2, -0.15) is 0 Å². The maximum Gasteiger partial charge on any atom is 0.129 e. The van der Waals surface area contributed by atoms with Gasteiger partial charge in [-0.3, -0.25) is 0 Å². The van der Waals surface area contributed by atoms with Gasteiger partial charge in [0.25, 0.3) is 0 Å². The Hall–Kier alpha value is -1.53. The van der Waals surface area contributed by atoms with Crippen molar-refractivity contribution in [3.8, 4) is 12.3 Å². The summed E-state index contributed by atoms with van der Waals surface area (Å²) in [5.41, 5.74) is 1.14. The Morgan fingerprint density at radius 1 is 1.37 bits per heavy atom. The smallest absolute Gasteiger partial charge is 0.129 e. The molecule has 1 heterocycles. The maximum absolute atomic E-state index is 5.42. The molecule has 0 amide bonds. The topological polar surface area (TPSA) is 28.2 Å². The lowest BCUT2D eigenvalue weighted by Crippen LogP contribution is -2.35. The first-order valence-corrected chi connectivity index (χ1v) is 6.85. The van der Waals surface area contributed by atoms with E-state index in [0.29, 0.717) is 6.54 Å². The van der Waals surface area contributed by atoms with Crippen LogP contribution in [-0.4, -0.2) is 23.6 Å². The van der Waals surface area contributed by atoms with Crippen LogP contribution in [0.4, 0.5) is 5.82 Å². The lowest BCUT2D eigenvalue weighted by atomic mass is 10.1. The van der Waals surface area contributed by atoms with Gasteiger partial charge in [0.05, 0.1) is 12.2 Å². The van der Waals surface area contributed by atoms with Gasteiger partial charge in [0.15, 0.2) is 0 Å². The molecule has 0 atom stereocenters. The lowest BCUT2D eigenvalue weighted by Gasteiger charge is -2.23. The number of hydrogen-bond donors (Lipinski definition) is 1. The number of hydrogen-bond acceptors (Lipinski definition) is 3. The van der Waals surface area contributed by atoms with Crippen LogP contribution in [-0.2, 0) is 6.54 Å². The largest absolute Gasteiger partial charge is 0.345 e. The fourth-order valence-electron chi connectivity index (χ4n) is 1.75. The Labute approximate surface area is 117 Å². The number of nitrogens with one attached hydrogen (secondary N) is 1. The first kappa shape index (κ1) is 15.5. The summed E-state index contributed by atoms with van der Waals surface area (Å²) in [4.78, 5) is 6.82. The van der Waals surface area contributed by atoms with Gasteiger partial charge in [-0.1, -0.05) is 18.9 Å². The van der Waals surface area contributed by atoms with Crippen molar-refractivity contribution in [2.24, 2.45) is 0 Å². The minimum Gasteiger partial charge on any atom is -0.345 e. The highest BCUT2D eigenvalue weighted by atomic mass is 15.2. The second kappa shape index (κ2) is 7.16. The Kier molecular flexibility index (Phi) is 5.85. The molecule has 3 nitrogen and oxygen atoms in total. The van der Waals surface area contributed by atoms with Crippen LogP contribution < -0.4 is 10.2 Å². The van der Waals surface area contributed by atoms with Crippen molar-refractivity contribution in [1.82, 2.24) is 10.3 Å².